The summed E-state index contributed by atoms with van der Waals surface area (Å²) >= 11 is 1.74. The number of thioether (sulfide) groups is 1. The van der Waals surface area contributed by atoms with E-state index in [2.05, 4.69) is 57.3 Å². The largest absolute Gasteiger partial charge is 0.462 e. The second-order valence-electron chi connectivity index (χ2n) is 6.23. The van der Waals surface area contributed by atoms with Crippen LogP contribution >= 0.6 is 11.8 Å². The summed E-state index contributed by atoms with van der Waals surface area (Å²) in [5.74, 6) is 2.27. The van der Waals surface area contributed by atoms with Crippen molar-refractivity contribution >= 4 is 34.4 Å². The SMILES string of the molecule is CCc1nc2cnc(Nc3ccnc(OCC(C)(C)SC)n3)cc2[nH]1. The fourth-order valence-electron chi connectivity index (χ4n) is 2.11. The van der Waals surface area contributed by atoms with E-state index in [1.807, 2.05) is 6.07 Å². The van der Waals surface area contributed by atoms with Gasteiger partial charge in [0.25, 0.3) is 0 Å². The number of hydrogen-bond donors (Lipinski definition) is 2. The zero-order valence-electron chi connectivity index (χ0n) is 14.8. The Hall–Kier alpha value is -2.35. The Balaban J connectivity index is 1.73. The van der Waals surface area contributed by atoms with Gasteiger partial charge in [0.05, 0.1) is 11.7 Å². The van der Waals surface area contributed by atoms with E-state index in [1.165, 1.54) is 0 Å². The van der Waals surface area contributed by atoms with E-state index in [9.17, 15) is 0 Å². The number of aromatic nitrogens is 5. The number of nitrogens with one attached hydrogen (secondary N) is 2. The molecule has 0 saturated carbocycles. The number of nitrogens with zero attached hydrogens (tertiary/aromatic N) is 4. The fraction of sp³-hybridized carbons (Fsp3) is 0.412. The van der Waals surface area contributed by atoms with Gasteiger partial charge in [0.2, 0.25) is 0 Å². The molecule has 3 aromatic heterocycles. The summed E-state index contributed by atoms with van der Waals surface area (Å²) < 4.78 is 5.72. The lowest BCUT2D eigenvalue weighted by Gasteiger charge is -2.21. The van der Waals surface area contributed by atoms with Crippen molar-refractivity contribution in [3.05, 3.63) is 30.4 Å². The van der Waals surface area contributed by atoms with Gasteiger partial charge < -0.3 is 15.0 Å². The molecule has 0 fully saturated rings. The van der Waals surface area contributed by atoms with Crippen molar-refractivity contribution in [1.29, 1.82) is 0 Å². The molecule has 0 radical (unpaired) electrons. The number of aromatic amines is 1. The van der Waals surface area contributed by atoms with Crippen LogP contribution in [-0.2, 0) is 6.42 Å². The van der Waals surface area contributed by atoms with Gasteiger partial charge >= 0.3 is 6.01 Å². The molecule has 2 N–H and O–H groups in total. The summed E-state index contributed by atoms with van der Waals surface area (Å²) in [5.41, 5.74) is 1.80. The van der Waals surface area contributed by atoms with Crippen LogP contribution in [0, 0.1) is 0 Å². The minimum Gasteiger partial charge on any atom is -0.462 e. The predicted octanol–water partition coefficient (Wildman–Crippen LogP) is 3.57. The van der Waals surface area contributed by atoms with E-state index < -0.39 is 0 Å². The van der Waals surface area contributed by atoms with Crippen LogP contribution in [0.2, 0.25) is 0 Å². The van der Waals surface area contributed by atoms with Gasteiger partial charge in [0.1, 0.15) is 29.6 Å². The van der Waals surface area contributed by atoms with Gasteiger partial charge in [-0.25, -0.2) is 15.0 Å². The smallest absolute Gasteiger partial charge is 0.318 e. The van der Waals surface area contributed by atoms with E-state index in [-0.39, 0.29) is 4.75 Å². The number of aryl methyl sites for hydroxylation is 1. The van der Waals surface area contributed by atoms with Crippen LogP contribution in [0.4, 0.5) is 11.6 Å². The second-order valence-corrected chi connectivity index (χ2v) is 7.74. The maximum atomic E-state index is 5.71. The Morgan fingerprint density at radius 1 is 1.24 bits per heavy atom. The number of rotatable bonds is 7. The van der Waals surface area contributed by atoms with Gasteiger partial charge in [0, 0.05) is 23.4 Å². The summed E-state index contributed by atoms with van der Waals surface area (Å²) in [6, 6.07) is 4.05. The standard InChI is InChI=1S/C17H22N6OS/c1-5-13-20-11-8-15(19-9-12(11)21-13)22-14-6-7-18-16(23-14)24-10-17(2,3)25-4/h6-9H,5,10H2,1-4H3,(H,20,21)(H,18,19,22,23). The van der Waals surface area contributed by atoms with E-state index in [4.69, 9.17) is 4.74 Å². The van der Waals surface area contributed by atoms with Crippen LogP contribution in [0.15, 0.2) is 24.5 Å². The van der Waals surface area contributed by atoms with Crippen molar-refractivity contribution in [2.24, 2.45) is 0 Å². The Morgan fingerprint density at radius 3 is 2.84 bits per heavy atom. The molecule has 0 aliphatic heterocycles. The number of ether oxygens (including phenoxy) is 1. The van der Waals surface area contributed by atoms with Crippen molar-refractivity contribution in [1.82, 2.24) is 24.9 Å². The monoisotopic (exact) mass is 358 g/mol. The molecule has 0 spiro atoms. The highest BCUT2D eigenvalue weighted by atomic mass is 32.2. The first kappa shape index (κ1) is 17.5. The fourth-order valence-corrected chi connectivity index (χ4v) is 2.29. The van der Waals surface area contributed by atoms with Crippen LogP contribution < -0.4 is 10.1 Å². The molecule has 8 heteroatoms. The molecule has 3 rings (SSSR count). The molecule has 0 bridgehead atoms. The molecule has 3 aromatic rings. The van der Waals surface area contributed by atoms with Crippen LogP contribution in [0.25, 0.3) is 11.0 Å². The van der Waals surface area contributed by atoms with Crippen molar-refractivity contribution in [3.8, 4) is 6.01 Å². The normalized spacial score (nSPS) is 11.7. The molecule has 132 valence electrons. The molecule has 0 aliphatic rings. The van der Waals surface area contributed by atoms with Crippen molar-refractivity contribution in [3.63, 3.8) is 0 Å². The highest BCUT2D eigenvalue weighted by molar-refractivity contribution is 7.99. The van der Waals surface area contributed by atoms with Crippen LogP contribution in [0.3, 0.4) is 0 Å². The number of H-pyrrole nitrogens is 1. The highest BCUT2D eigenvalue weighted by Gasteiger charge is 2.17. The first-order valence-corrected chi connectivity index (χ1v) is 9.34. The Morgan fingerprint density at radius 2 is 2.08 bits per heavy atom. The van der Waals surface area contributed by atoms with Crippen LogP contribution in [-0.4, -0.2) is 42.5 Å². The zero-order valence-corrected chi connectivity index (χ0v) is 15.6. The molecular formula is C17H22N6OS. The number of hydrogen-bond acceptors (Lipinski definition) is 7. The molecule has 3 heterocycles. The minimum atomic E-state index is 0.0109. The molecule has 0 saturated heterocycles. The third-order valence-corrected chi connectivity index (χ3v) is 4.97. The van der Waals surface area contributed by atoms with Crippen LogP contribution in [0.5, 0.6) is 6.01 Å². The average Bonchev–Trinajstić information content (AvgIpc) is 3.03. The molecule has 0 unspecified atom stereocenters. The first-order valence-electron chi connectivity index (χ1n) is 8.12. The maximum absolute atomic E-state index is 5.71. The molecule has 0 aromatic carbocycles. The third-order valence-electron chi connectivity index (χ3n) is 3.74. The van der Waals surface area contributed by atoms with E-state index in [0.717, 1.165) is 23.3 Å². The Kier molecular flexibility index (Phi) is 5.08. The van der Waals surface area contributed by atoms with E-state index >= 15 is 0 Å². The lowest BCUT2D eigenvalue weighted by molar-refractivity contribution is 0.266. The van der Waals surface area contributed by atoms with Gasteiger partial charge in [-0.2, -0.15) is 16.7 Å². The summed E-state index contributed by atoms with van der Waals surface area (Å²) in [6.45, 7) is 6.84. The lowest BCUT2D eigenvalue weighted by Crippen LogP contribution is -2.24. The molecular weight excluding hydrogens is 336 g/mol. The lowest BCUT2D eigenvalue weighted by atomic mass is 10.2. The zero-order chi connectivity index (χ0) is 17.9. The third kappa shape index (κ3) is 4.39. The summed E-state index contributed by atoms with van der Waals surface area (Å²) in [5, 5.41) is 3.18. The molecule has 0 atom stereocenters. The number of fused-ring (bicyclic) bond motifs is 1. The Labute approximate surface area is 151 Å². The second kappa shape index (κ2) is 7.26. The van der Waals surface area contributed by atoms with E-state index in [1.54, 1.807) is 30.2 Å². The summed E-state index contributed by atoms with van der Waals surface area (Å²) in [7, 11) is 0. The first-order chi connectivity index (χ1) is 12.0. The Bertz CT molecular complexity index is 863. The summed E-state index contributed by atoms with van der Waals surface area (Å²) in [6.07, 6.45) is 6.33. The van der Waals surface area contributed by atoms with Gasteiger partial charge in [0.15, 0.2) is 0 Å². The van der Waals surface area contributed by atoms with Crippen LogP contribution in [0.1, 0.15) is 26.6 Å². The van der Waals surface area contributed by atoms with Gasteiger partial charge in [-0.1, -0.05) is 6.92 Å². The van der Waals surface area contributed by atoms with Gasteiger partial charge in [-0.05, 0) is 26.2 Å². The van der Waals surface area contributed by atoms with Gasteiger partial charge in [-0.3, -0.25) is 0 Å². The number of anilines is 2. The molecule has 7 nitrogen and oxygen atoms in total. The quantitative estimate of drug-likeness (QED) is 0.667. The predicted molar refractivity (Wildman–Crippen MR) is 102 cm³/mol. The summed E-state index contributed by atoms with van der Waals surface area (Å²) in [4.78, 5) is 20.7. The highest BCUT2D eigenvalue weighted by Crippen LogP contribution is 2.22. The van der Waals surface area contributed by atoms with Crippen molar-refractivity contribution in [2.45, 2.75) is 31.9 Å². The van der Waals surface area contributed by atoms with Crippen molar-refractivity contribution in [2.75, 3.05) is 18.2 Å². The van der Waals surface area contributed by atoms with Crippen molar-refractivity contribution < 1.29 is 4.74 Å². The number of pyridine rings is 1. The molecule has 25 heavy (non-hydrogen) atoms. The molecule has 0 amide bonds. The van der Waals surface area contributed by atoms with Gasteiger partial charge in [-0.15, -0.1) is 0 Å². The number of imidazole rings is 1. The topological polar surface area (TPSA) is 88.6 Å². The van der Waals surface area contributed by atoms with E-state index in [0.29, 0.717) is 24.3 Å². The minimum absolute atomic E-state index is 0.0109. The molecule has 0 aliphatic carbocycles. The average molecular weight is 358 g/mol. The maximum Gasteiger partial charge on any atom is 0.318 e.